The minimum atomic E-state index is -0.304. The molecule has 0 aromatic heterocycles. The number of likely N-dealkylation sites (tertiary alicyclic amines) is 2. The predicted octanol–water partition coefficient (Wildman–Crippen LogP) is 12.4. The first kappa shape index (κ1) is 59.6. The smallest absolute Gasteiger partial charge is 0.376 e. The van der Waals surface area contributed by atoms with Crippen molar-refractivity contribution < 1.29 is 23.9 Å². The fraction of sp³-hybridized carbons (Fsp3) is 0.600. The lowest BCUT2D eigenvalue weighted by molar-refractivity contribution is 0.125. The second kappa shape index (κ2) is 30.3. The summed E-state index contributed by atoms with van der Waals surface area (Å²) in [6.07, 6.45) is 12.8. The van der Waals surface area contributed by atoms with E-state index in [0.29, 0.717) is 6.04 Å². The maximum absolute atomic E-state index is 9.74. The van der Waals surface area contributed by atoms with Crippen LogP contribution in [-0.2, 0) is 0 Å². The molecule has 5 fully saturated rings. The molecule has 5 aliphatic rings. The number of nitrogens with zero attached hydrogens (tertiary/aromatic N) is 3. The van der Waals surface area contributed by atoms with Crippen molar-refractivity contribution in [3.05, 3.63) is 106 Å². The third-order valence-corrected chi connectivity index (χ3v) is 14.9. The van der Waals surface area contributed by atoms with Crippen LogP contribution in [0.25, 0.3) is 16.7 Å². The van der Waals surface area contributed by atoms with E-state index in [0.717, 1.165) is 49.5 Å². The summed E-state index contributed by atoms with van der Waals surface area (Å²) >= 11 is 0. The largest absolute Gasteiger partial charge is 0.491 e. The first-order valence-corrected chi connectivity index (χ1v) is 26.9. The van der Waals surface area contributed by atoms with E-state index >= 15 is 0 Å². The molecule has 3 aromatic carbocycles. The van der Waals surface area contributed by atoms with Gasteiger partial charge in [0.25, 0.3) is 0 Å². The van der Waals surface area contributed by atoms with Gasteiger partial charge in [-0.05, 0) is 242 Å². The molecule has 11 heteroatoms. The Morgan fingerprint density at radius 1 is 0.479 bits per heavy atom. The maximum Gasteiger partial charge on any atom is 0.376 e. The summed E-state index contributed by atoms with van der Waals surface area (Å²) in [7, 11) is -0.304. The third-order valence-electron chi connectivity index (χ3n) is 14.9. The van der Waals surface area contributed by atoms with E-state index in [1.807, 2.05) is 6.82 Å². The highest BCUT2D eigenvalue weighted by Crippen LogP contribution is 2.32. The zero-order valence-electron chi connectivity index (χ0n) is 45.0. The molecule has 0 unspecified atom stereocenters. The van der Waals surface area contributed by atoms with Gasteiger partial charge in [0.15, 0.2) is 0 Å². The fourth-order valence-corrected chi connectivity index (χ4v) is 10.7. The number of hydrogen-bond acceptors (Lipinski definition) is 9. The molecule has 8 rings (SSSR count). The Morgan fingerprint density at radius 3 is 1.08 bits per heavy atom. The number of benzene rings is 3. The average Bonchev–Trinajstić information content (AvgIpc) is 3.37. The highest BCUT2D eigenvalue weighted by atomic mass is 19.0. The molecule has 3 N–H and O–H groups in total. The predicted molar refractivity (Wildman–Crippen MR) is 302 cm³/mol. The van der Waals surface area contributed by atoms with Crippen LogP contribution in [0, 0.1) is 0 Å². The summed E-state index contributed by atoms with van der Waals surface area (Å²) < 4.78 is 17.2. The van der Waals surface area contributed by atoms with Crippen LogP contribution in [-0.4, -0.2) is 123 Å². The Hall–Kier alpha value is -3.97. The summed E-state index contributed by atoms with van der Waals surface area (Å²) in [5, 5.41) is 16.6. The lowest BCUT2D eigenvalue weighted by Crippen LogP contribution is -2.50. The molecule has 5 saturated heterocycles. The molecule has 394 valence electrons. The van der Waals surface area contributed by atoms with Crippen molar-refractivity contribution in [2.24, 2.45) is 0 Å². The van der Waals surface area contributed by atoms with E-state index in [9.17, 15) is 5.02 Å². The third kappa shape index (κ3) is 18.8. The van der Waals surface area contributed by atoms with Crippen LogP contribution in [0.4, 0.5) is 4.70 Å². The molecule has 0 spiro atoms. The summed E-state index contributed by atoms with van der Waals surface area (Å²) in [4.78, 5) is 7.58. The molecule has 9 nitrogen and oxygen atoms in total. The van der Waals surface area contributed by atoms with Crippen LogP contribution in [0.3, 0.4) is 0 Å². The second-order valence-electron chi connectivity index (χ2n) is 21.0. The maximum atomic E-state index is 9.74. The summed E-state index contributed by atoms with van der Waals surface area (Å²) in [5.74, 6) is 2.87. The Labute approximate surface area is 431 Å². The van der Waals surface area contributed by atoms with Crippen molar-refractivity contribution in [3.63, 3.8) is 0 Å². The quantitative estimate of drug-likeness (QED) is 0.154. The number of nitrogens with one attached hydrogen (secondary N) is 2. The zero-order chi connectivity index (χ0) is 49.3. The van der Waals surface area contributed by atoms with Gasteiger partial charge >= 0.3 is 7.05 Å². The van der Waals surface area contributed by atoms with Crippen LogP contribution in [0.2, 0.25) is 6.82 Å². The van der Waals surface area contributed by atoms with Gasteiger partial charge < -0.3 is 34.7 Å². The number of rotatable bonds is 12. The topological polar surface area (TPSA) is 81.7 Å². The van der Waals surface area contributed by atoms with Crippen molar-refractivity contribution in [3.8, 4) is 17.2 Å². The number of allylic oxidation sites excluding steroid dienone is 3. The number of halogens is 1. The molecule has 0 saturated carbocycles. The van der Waals surface area contributed by atoms with Crippen molar-refractivity contribution >= 4 is 23.8 Å². The van der Waals surface area contributed by atoms with Crippen LogP contribution in [0.15, 0.2) is 89.5 Å². The molecule has 0 bridgehead atoms. The van der Waals surface area contributed by atoms with Crippen molar-refractivity contribution in [2.75, 3.05) is 65.4 Å². The standard InChI is InChI=1S/C22H35BN2O2.C21H32N2O.C16H23NO.CH4.FH/c1-17(2)27-22-7-5-19(6-8-22)18(3)20-9-13-24(14-10-20)21-11-15-25(16-12-21)23(4)26;1-16(2)24-21-6-4-18(5-7-21)17(3)19-10-14-23(15-11-19)20-8-12-22-13-9-20;1-12(2)18-16-6-4-14(5-7-16)13(3)15-8-10-17-11-9-15;;/h5-8,17,21,26H,9-16H2,1-4H3;4-7,16,20,22H,8-15H2,1-3H3;4-7,12,17H,8-11H2,1-3H3;1H4;1H. The SMILES string of the molecule is C.CB(O)N1CCC(N2CCC(=C(C)c3ccc(OC(C)C)cc3)CC2)CC1.CC(=C1CCN(C2CCNCC2)CC1)c1ccc(OC(C)C)cc1.CC(=C1CCNCC1)c1ccc(OC(C)C)cc1.F. The molecule has 0 amide bonds. The van der Waals surface area contributed by atoms with Crippen molar-refractivity contribution in [1.82, 2.24) is 25.2 Å². The molecular formula is C60H95BFN5O4. The molecule has 0 radical (unpaired) electrons. The fourth-order valence-electron chi connectivity index (χ4n) is 10.7. The summed E-state index contributed by atoms with van der Waals surface area (Å²) in [5.41, 5.74) is 13.2. The van der Waals surface area contributed by atoms with E-state index in [1.54, 1.807) is 16.7 Å². The van der Waals surface area contributed by atoms with Gasteiger partial charge in [-0.1, -0.05) is 60.5 Å². The normalized spacial score (nSPS) is 18.6. The van der Waals surface area contributed by atoms with E-state index in [2.05, 4.69) is 160 Å². The molecule has 3 aromatic rings. The molecule has 71 heavy (non-hydrogen) atoms. The van der Waals surface area contributed by atoms with Crippen LogP contribution in [0.5, 0.6) is 17.2 Å². The average molecular weight is 980 g/mol. The lowest BCUT2D eigenvalue weighted by Gasteiger charge is -2.41. The van der Waals surface area contributed by atoms with Gasteiger partial charge in [0.2, 0.25) is 0 Å². The van der Waals surface area contributed by atoms with E-state index < -0.39 is 0 Å². The molecular weight excluding hydrogens is 885 g/mol. The Kier molecular flexibility index (Phi) is 25.4. The molecule has 0 aliphatic carbocycles. The second-order valence-corrected chi connectivity index (χ2v) is 21.0. The Balaban J connectivity index is 0.000000232. The summed E-state index contributed by atoms with van der Waals surface area (Å²) in [6.45, 7) is 32.5. The summed E-state index contributed by atoms with van der Waals surface area (Å²) in [6, 6.07) is 27.2. The highest BCUT2D eigenvalue weighted by Gasteiger charge is 2.29. The molecule has 0 atom stereocenters. The van der Waals surface area contributed by atoms with Gasteiger partial charge in [0.1, 0.15) is 17.2 Å². The number of piperidine rings is 5. The zero-order valence-corrected chi connectivity index (χ0v) is 45.0. The van der Waals surface area contributed by atoms with Gasteiger partial charge in [0, 0.05) is 38.3 Å². The van der Waals surface area contributed by atoms with E-state index in [-0.39, 0.29) is 37.5 Å². The Morgan fingerprint density at radius 2 is 0.775 bits per heavy atom. The van der Waals surface area contributed by atoms with Crippen LogP contribution < -0.4 is 24.8 Å². The van der Waals surface area contributed by atoms with Gasteiger partial charge in [-0.2, -0.15) is 0 Å². The van der Waals surface area contributed by atoms with Gasteiger partial charge in [-0.25, -0.2) is 0 Å². The monoisotopic (exact) mass is 980 g/mol. The first-order valence-electron chi connectivity index (χ1n) is 26.9. The van der Waals surface area contributed by atoms with E-state index in [4.69, 9.17) is 14.2 Å². The number of hydrogen-bond donors (Lipinski definition) is 3. The highest BCUT2D eigenvalue weighted by molar-refractivity contribution is 6.45. The van der Waals surface area contributed by atoms with Crippen molar-refractivity contribution in [2.45, 2.75) is 171 Å². The molecule has 5 aliphatic heterocycles. The van der Waals surface area contributed by atoms with Crippen LogP contribution in [0.1, 0.15) is 151 Å². The number of ether oxygens (including phenoxy) is 3. The van der Waals surface area contributed by atoms with Crippen LogP contribution >= 0.6 is 0 Å². The lowest BCUT2D eigenvalue weighted by atomic mass is 9.82. The van der Waals surface area contributed by atoms with Gasteiger partial charge in [-0.15, -0.1) is 0 Å². The van der Waals surface area contributed by atoms with Gasteiger partial charge in [0.05, 0.1) is 18.3 Å². The molecule has 5 heterocycles. The van der Waals surface area contributed by atoms with Gasteiger partial charge in [-0.3, -0.25) is 14.5 Å². The first-order chi connectivity index (χ1) is 33.2. The van der Waals surface area contributed by atoms with Crippen molar-refractivity contribution in [1.29, 1.82) is 0 Å². The minimum Gasteiger partial charge on any atom is -0.491 e. The Bertz CT molecular complexity index is 2060. The minimum absolute atomic E-state index is 0. The van der Waals surface area contributed by atoms with E-state index in [1.165, 1.54) is 137 Å².